The molecule has 6 nitrogen and oxygen atoms in total. The van der Waals surface area contributed by atoms with Crippen LogP contribution in [0.4, 0.5) is 0 Å². The molecule has 0 amide bonds. The highest BCUT2D eigenvalue weighted by Crippen LogP contribution is 2.25. The van der Waals surface area contributed by atoms with Gasteiger partial charge in [-0.2, -0.15) is 5.10 Å². The van der Waals surface area contributed by atoms with Crippen molar-refractivity contribution >= 4 is 18.1 Å². The Morgan fingerprint density at radius 1 is 1.29 bits per heavy atom. The Balaban J connectivity index is 1.94. The third-order valence-corrected chi connectivity index (χ3v) is 4.37. The van der Waals surface area contributed by atoms with E-state index in [0.29, 0.717) is 11.5 Å². The Kier molecular flexibility index (Phi) is 4.46. The summed E-state index contributed by atoms with van der Waals surface area (Å²) in [5.74, 6) is -0.444. The molecule has 0 saturated carbocycles. The second-order valence-electron chi connectivity index (χ2n) is 6.46. The van der Waals surface area contributed by atoms with Crippen molar-refractivity contribution in [1.29, 1.82) is 0 Å². The van der Waals surface area contributed by atoms with Gasteiger partial charge in [0.05, 0.1) is 22.6 Å². The van der Waals surface area contributed by atoms with Crippen molar-refractivity contribution in [2.75, 3.05) is 0 Å². The zero-order chi connectivity index (χ0) is 17.3. The van der Waals surface area contributed by atoms with E-state index in [2.05, 4.69) is 15.1 Å². The number of aryl methyl sites for hydroxylation is 2. The molecule has 24 heavy (non-hydrogen) atoms. The number of rotatable bonds is 4. The maximum Gasteiger partial charge on any atom is 0.339 e. The van der Waals surface area contributed by atoms with Gasteiger partial charge in [-0.15, -0.1) is 0 Å². The summed E-state index contributed by atoms with van der Waals surface area (Å²) >= 11 is 0. The van der Waals surface area contributed by atoms with E-state index < -0.39 is 5.97 Å². The van der Waals surface area contributed by atoms with E-state index in [1.54, 1.807) is 0 Å². The predicted octanol–water partition coefficient (Wildman–Crippen LogP) is 3.08. The van der Waals surface area contributed by atoms with Gasteiger partial charge in [0.15, 0.2) is 5.82 Å². The predicted molar refractivity (Wildman–Crippen MR) is 91.9 cm³/mol. The summed E-state index contributed by atoms with van der Waals surface area (Å²) < 4.78 is 1.90. The first-order valence-electron chi connectivity index (χ1n) is 8.30. The van der Waals surface area contributed by atoms with E-state index in [1.807, 2.05) is 37.7 Å². The Hall–Kier alpha value is -2.50. The number of aromatic carboxylic acids is 1. The van der Waals surface area contributed by atoms with Gasteiger partial charge in [0.25, 0.3) is 0 Å². The van der Waals surface area contributed by atoms with Crippen LogP contribution in [-0.4, -0.2) is 30.8 Å². The lowest BCUT2D eigenvalue weighted by molar-refractivity contribution is 0.0694. The van der Waals surface area contributed by atoms with Crippen LogP contribution in [0, 0.1) is 0 Å². The second-order valence-corrected chi connectivity index (χ2v) is 6.46. The molecular weight excluding hydrogens is 304 g/mol. The van der Waals surface area contributed by atoms with Gasteiger partial charge in [-0.3, -0.25) is 4.68 Å². The molecule has 0 unspecified atom stereocenters. The Morgan fingerprint density at radius 2 is 2.04 bits per heavy atom. The maximum absolute atomic E-state index is 11.3. The minimum absolute atomic E-state index is 0.0238. The van der Waals surface area contributed by atoms with Crippen LogP contribution >= 0.6 is 0 Å². The molecule has 0 saturated heterocycles. The molecule has 0 spiro atoms. The van der Waals surface area contributed by atoms with Gasteiger partial charge in [-0.25, -0.2) is 14.8 Å². The molecule has 2 aromatic heterocycles. The lowest BCUT2D eigenvalue weighted by Gasteiger charge is -2.10. The summed E-state index contributed by atoms with van der Waals surface area (Å²) in [6, 6.07) is 0. The topological polar surface area (TPSA) is 80.9 Å². The zero-order valence-corrected chi connectivity index (χ0v) is 14.3. The molecule has 0 fully saturated rings. The molecule has 1 N–H and O–H groups in total. The quantitative estimate of drug-likeness (QED) is 0.934. The molecule has 0 aromatic carbocycles. The third-order valence-electron chi connectivity index (χ3n) is 4.37. The molecule has 6 heteroatoms. The average molecular weight is 326 g/mol. The maximum atomic E-state index is 11.3. The number of aromatic nitrogens is 4. The van der Waals surface area contributed by atoms with Gasteiger partial charge in [0, 0.05) is 18.8 Å². The summed E-state index contributed by atoms with van der Waals surface area (Å²) in [7, 11) is 1.95. The summed E-state index contributed by atoms with van der Waals surface area (Å²) in [5.41, 5.74) is 4.31. The highest BCUT2D eigenvalue weighted by molar-refractivity contribution is 5.88. The van der Waals surface area contributed by atoms with Crippen molar-refractivity contribution in [3.05, 3.63) is 40.2 Å². The SMILES string of the molecule is CC(C)c1nc(/C=C/c2c3c(nn2C)CCCC3)ncc1C(=O)O. The Labute approximate surface area is 141 Å². The lowest BCUT2D eigenvalue weighted by Crippen LogP contribution is -2.09. The first-order valence-corrected chi connectivity index (χ1v) is 8.30. The van der Waals surface area contributed by atoms with Gasteiger partial charge < -0.3 is 5.11 Å². The molecule has 2 heterocycles. The fourth-order valence-electron chi connectivity index (χ4n) is 3.16. The molecular formula is C18H22N4O2. The number of nitrogens with zero attached hydrogens (tertiary/aromatic N) is 4. The van der Waals surface area contributed by atoms with E-state index in [9.17, 15) is 9.90 Å². The molecule has 0 aliphatic heterocycles. The van der Waals surface area contributed by atoms with Crippen LogP contribution in [-0.2, 0) is 19.9 Å². The van der Waals surface area contributed by atoms with Crippen molar-refractivity contribution in [3.63, 3.8) is 0 Å². The van der Waals surface area contributed by atoms with Crippen molar-refractivity contribution in [3.8, 4) is 0 Å². The van der Waals surface area contributed by atoms with Crippen molar-refractivity contribution in [2.24, 2.45) is 7.05 Å². The monoisotopic (exact) mass is 326 g/mol. The number of carboxylic acid groups (broad SMARTS) is 1. The van der Waals surface area contributed by atoms with E-state index >= 15 is 0 Å². The minimum atomic E-state index is -0.991. The van der Waals surface area contributed by atoms with E-state index in [4.69, 9.17) is 0 Å². The van der Waals surface area contributed by atoms with Crippen molar-refractivity contribution in [2.45, 2.75) is 45.4 Å². The molecule has 126 valence electrons. The van der Waals surface area contributed by atoms with Crippen LogP contribution in [0.3, 0.4) is 0 Å². The molecule has 1 aliphatic rings. The largest absolute Gasteiger partial charge is 0.478 e. The number of hydrogen-bond donors (Lipinski definition) is 1. The normalized spacial score (nSPS) is 14.3. The first kappa shape index (κ1) is 16.4. The minimum Gasteiger partial charge on any atom is -0.478 e. The Morgan fingerprint density at radius 3 is 2.75 bits per heavy atom. The van der Waals surface area contributed by atoms with Crippen LogP contribution in [0.25, 0.3) is 12.2 Å². The molecule has 0 bridgehead atoms. The molecule has 0 atom stereocenters. The van der Waals surface area contributed by atoms with E-state index in [0.717, 1.165) is 18.5 Å². The molecule has 1 aliphatic carbocycles. The number of fused-ring (bicyclic) bond motifs is 1. The van der Waals surface area contributed by atoms with E-state index in [-0.39, 0.29) is 11.5 Å². The highest BCUT2D eigenvalue weighted by atomic mass is 16.4. The van der Waals surface area contributed by atoms with Crippen LogP contribution in [0.15, 0.2) is 6.20 Å². The summed E-state index contributed by atoms with van der Waals surface area (Å²) in [4.78, 5) is 19.9. The molecule has 3 rings (SSSR count). The second kappa shape index (κ2) is 6.55. The lowest BCUT2D eigenvalue weighted by atomic mass is 9.96. The van der Waals surface area contributed by atoms with Gasteiger partial charge >= 0.3 is 5.97 Å². The van der Waals surface area contributed by atoms with Crippen LogP contribution in [0.1, 0.15) is 71.4 Å². The first-order chi connectivity index (χ1) is 11.5. The van der Waals surface area contributed by atoms with Gasteiger partial charge in [0.1, 0.15) is 0 Å². The summed E-state index contributed by atoms with van der Waals surface area (Å²) in [6.07, 6.45) is 9.70. The fourth-order valence-corrected chi connectivity index (χ4v) is 3.16. The number of hydrogen-bond acceptors (Lipinski definition) is 4. The highest BCUT2D eigenvalue weighted by Gasteiger charge is 2.18. The zero-order valence-electron chi connectivity index (χ0n) is 14.3. The summed E-state index contributed by atoms with van der Waals surface area (Å²) in [5, 5.41) is 13.8. The fraction of sp³-hybridized carbons (Fsp3) is 0.444. The van der Waals surface area contributed by atoms with Crippen LogP contribution in [0.5, 0.6) is 0 Å². The number of carbonyl (C=O) groups is 1. The summed E-state index contributed by atoms with van der Waals surface area (Å²) in [6.45, 7) is 3.86. The van der Waals surface area contributed by atoms with Crippen molar-refractivity contribution in [1.82, 2.24) is 19.7 Å². The molecule has 2 aromatic rings. The van der Waals surface area contributed by atoms with Crippen molar-refractivity contribution < 1.29 is 9.90 Å². The molecule has 0 radical (unpaired) electrons. The standard InChI is InChI=1S/C18H22N4O2/c1-11(2)17-13(18(23)24)10-19-16(20-17)9-8-15-12-6-4-5-7-14(12)21-22(15)3/h8-11H,4-7H2,1-3H3,(H,23,24)/b9-8+. The Bertz CT molecular complexity index is 806. The average Bonchev–Trinajstić information content (AvgIpc) is 2.87. The van der Waals surface area contributed by atoms with Gasteiger partial charge in [-0.1, -0.05) is 13.8 Å². The van der Waals surface area contributed by atoms with Gasteiger partial charge in [0.2, 0.25) is 0 Å². The van der Waals surface area contributed by atoms with Crippen LogP contribution < -0.4 is 0 Å². The van der Waals surface area contributed by atoms with E-state index in [1.165, 1.54) is 30.3 Å². The smallest absolute Gasteiger partial charge is 0.339 e. The van der Waals surface area contributed by atoms with Gasteiger partial charge in [-0.05, 0) is 43.8 Å². The third kappa shape index (κ3) is 3.09. The number of carboxylic acids is 1. The van der Waals surface area contributed by atoms with Crippen LogP contribution in [0.2, 0.25) is 0 Å².